The molecule has 22 heavy (non-hydrogen) atoms. The number of ether oxygens (including phenoxy) is 1. The van der Waals surface area contributed by atoms with Gasteiger partial charge in [-0.1, -0.05) is 55.7 Å². The average Bonchev–Trinajstić information content (AvgIpc) is 2.56. The van der Waals surface area contributed by atoms with Gasteiger partial charge in [0.2, 0.25) is 0 Å². The third-order valence-electron chi connectivity index (χ3n) is 5.12. The first-order chi connectivity index (χ1) is 10.7. The Hall–Kier alpha value is -1.61. The third-order valence-corrected chi connectivity index (χ3v) is 5.12. The predicted molar refractivity (Wildman–Crippen MR) is 87.3 cm³/mol. The Morgan fingerprint density at radius 1 is 1.18 bits per heavy atom. The molecule has 118 valence electrons. The van der Waals surface area contributed by atoms with E-state index in [-0.39, 0.29) is 11.4 Å². The molecule has 1 aliphatic carbocycles. The smallest absolute Gasteiger partial charge is 0.334 e. The van der Waals surface area contributed by atoms with Gasteiger partial charge in [0, 0.05) is 30.6 Å². The van der Waals surface area contributed by atoms with Crippen molar-refractivity contribution in [1.82, 2.24) is 4.90 Å². The highest BCUT2D eigenvalue weighted by Gasteiger charge is 2.42. The predicted octanol–water partition coefficient (Wildman–Crippen LogP) is 3.55. The fourth-order valence-corrected chi connectivity index (χ4v) is 4.04. The molecule has 1 aromatic carbocycles. The summed E-state index contributed by atoms with van der Waals surface area (Å²) < 4.78 is 5.05. The van der Waals surface area contributed by atoms with Crippen LogP contribution in [0.3, 0.4) is 0 Å². The molecule has 0 aromatic heterocycles. The van der Waals surface area contributed by atoms with Gasteiger partial charge in [-0.25, -0.2) is 4.79 Å². The molecule has 0 atom stereocenters. The lowest BCUT2D eigenvalue weighted by Gasteiger charge is -2.45. The van der Waals surface area contributed by atoms with E-state index in [2.05, 4.69) is 41.3 Å². The maximum absolute atomic E-state index is 12.2. The molecule has 0 radical (unpaired) electrons. The van der Waals surface area contributed by atoms with Crippen LogP contribution in [0, 0.1) is 5.41 Å². The number of carbonyl (C=O) groups is 1. The first-order valence-corrected chi connectivity index (χ1v) is 8.29. The molecule has 0 saturated heterocycles. The van der Waals surface area contributed by atoms with Crippen molar-refractivity contribution < 1.29 is 9.53 Å². The van der Waals surface area contributed by atoms with Crippen LogP contribution in [0.4, 0.5) is 0 Å². The maximum Gasteiger partial charge on any atom is 0.334 e. The van der Waals surface area contributed by atoms with E-state index < -0.39 is 0 Å². The van der Waals surface area contributed by atoms with E-state index in [1.54, 1.807) is 0 Å². The maximum atomic E-state index is 12.2. The minimum absolute atomic E-state index is 0.0123. The minimum Gasteiger partial charge on any atom is -0.466 e. The molecule has 0 unspecified atom stereocenters. The van der Waals surface area contributed by atoms with Crippen LogP contribution < -0.4 is 0 Å². The lowest BCUT2D eigenvalue weighted by Crippen LogP contribution is -2.46. The lowest BCUT2D eigenvalue weighted by atomic mass is 9.67. The van der Waals surface area contributed by atoms with Crippen molar-refractivity contribution >= 4 is 5.97 Å². The molecule has 1 fully saturated rings. The molecule has 3 nitrogen and oxygen atoms in total. The number of esters is 1. The van der Waals surface area contributed by atoms with Gasteiger partial charge in [-0.2, -0.15) is 0 Å². The molecule has 2 aliphatic rings. The Morgan fingerprint density at radius 3 is 2.59 bits per heavy atom. The molecule has 0 amide bonds. The highest BCUT2D eigenvalue weighted by molar-refractivity contribution is 5.90. The largest absolute Gasteiger partial charge is 0.466 e. The van der Waals surface area contributed by atoms with E-state index >= 15 is 0 Å². The summed E-state index contributed by atoms with van der Waals surface area (Å²) in [6, 6.07) is 10.6. The van der Waals surface area contributed by atoms with Crippen LogP contribution in [-0.4, -0.2) is 31.1 Å². The summed E-state index contributed by atoms with van der Waals surface area (Å²) in [4.78, 5) is 14.7. The molecule has 1 aliphatic heterocycles. The first-order valence-electron chi connectivity index (χ1n) is 8.29. The quantitative estimate of drug-likeness (QED) is 0.799. The van der Waals surface area contributed by atoms with Crippen molar-refractivity contribution in [3.8, 4) is 0 Å². The van der Waals surface area contributed by atoms with Crippen molar-refractivity contribution in [3.63, 3.8) is 0 Å². The van der Waals surface area contributed by atoms with E-state index in [4.69, 9.17) is 4.74 Å². The van der Waals surface area contributed by atoms with Crippen LogP contribution in [0.15, 0.2) is 42.0 Å². The molecular formula is C19H25NO2. The van der Waals surface area contributed by atoms with E-state index in [1.807, 2.05) is 0 Å². The highest BCUT2D eigenvalue weighted by atomic mass is 16.5. The normalized spacial score (nSPS) is 21.4. The summed E-state index contributed by atoms with van der Waals surface area (Å²) in [5.41, 5.74) is 2.28. The number of carbonyl (C=O) groups excluding carboxylic acids is 1. The second-order valence-electron chi connectivity index (χ2n) is 6.61. The fraction of sp³-hybridized carbons (Fsp3) is 0.526. The minimum atomic E-state index is -0.124. The SMILES string of the molecule is COC(=O)C1=CCN(Cc2ccccc2)CC12CCCCC2. The van der Waals surface area contributed by atoms with Gasteiger partial charge in [-0.05, 0) is 18.4 Å². The summed E-state index contributed by atoms with van der Waals surface area (Å²) in [5, 5.41) is 0. The Bertz CT molecular complexity index is 544. The number of nitrogens with zero attached hydrogens (tertiary/aromatic N) is 1. The molecule has 0 N–H and O–H groups in total. The van der Waals surface area contributed by atoms with E-state index in [0.29, 0.717) is 0 Å². The van der Waals surface area contributed by atoms with Gasteiger partial charge in [-0.15, -0.1) is 0 Å². The van der Waals surface area contributed by atoms with Crippen LogP contribution in [0.25, 0.3) is 0 Å². The van der Waals surface area contributed by atoms with Gasteiger partial charge in [0.1, 0.15) is 0 Å². The lowest BCUT2D eigenvalue weighted by molar-refractivity contribution is -0.138. The van der Waals surface area contributed by atoms with Gasteiger partial charge >= 0.3 is 5.97 Å². The zero-order valence-corrected chi connectivity index (χ0v) is 13.4. The van der Waals surface area contributed by atoms with Gasteiger partial charge in [0.15, 0.2) is 0 Å². The third kappa shape index (κ3) is 3.09. The van der Waals surface area contributed by atoms with E-state index in [9.17, 15) is 4.79 Å². The van der Waals surface area contributed by atoms with Crippen molar-refractivity contribution in [2.75, 3.05) is 20.2 Å². The molecule has 3 heteroatoms. The molecule has 1 saturated carbocycles. The van der Waals surface area contributed by atoms with Crippen molar-refractivity contribution in [2.24, 2.45) is 5.41 Å². The summed E-state index contributed by atoms with van der Waals surface area (Å²) >= 11 is 0. The summed E-state index contributed by atoms with van der Waals surface area (Å²) in [6.45, 7) is 2.76. The summed E-state index contributed by atoms with van der Waals surface area (Å²) in [5.74, 6) is -0.124. The van der Waals surface area contributed by atoms with Gasteiger partial charge in [0.25, 0.3) is 0 Å². The van der Waals surface area contributed by atoms with E-state index in [1.165, 1.54) is 31.9 Å². The second kappa shape index (κ2) is 6.66. The Balaban J connectivity index is 1.80. The zero-order valence-electron chi connectivity index (χ0n) is 13.4. The Kier molecular flexibility index (Phi) is 4.63. The van der Waals surface area contributed by atoms with Crippen LogP contribution in [0.1, 0.15) is 37.7 Å². The topological polar surface area (TPSA) is 29.5 Å². The zero-order chi connectivity index (χ0) is 15.4. The standard InChI is InChI=1S/C19H25NO2/c1-22-18(21)17-10-13-20(14-16-8-4-2-5-9-16)15-19(17)11-6-3-7-12-19/h2,4-5,8-10H,3,6-7,11-15H2,1H3. The average molecular weight is 299 g/mol. The highest BCUT2D eigenvalue weighted by Crippen LogP contribution is 2.45. The Morgan fingerprint density at radius 2 is 1.91 bits per heavy atom. The van der Waals surface area contributed by atoms with Crippen LogP contribution >= 0.6 is 0 Å². The van der Waals surface area contributed by atoms with Crippen LogP contribution in [0.5, 0.6) is 0 Å². The summed E-state index contributed by atoms with van der Waals surface area (Å²) in [6.07, 6.45) is 8.05. The monoisotopic (exact) mass is 299 g/mol. The molecule has 3 rings (SSSR count). The van der Waals surface area contributed by atoms with Crippen molar-refractivity contribution in [1.29, 1.82) is 0 Å². The fourth-order valence-electron chi connectivity index (χ4n) is 4.04. The van der Waals surface area contributed by atoms with Crippen LogP contribution in [0.2, 0.25) is 0 Å². The summed E-state index contributed by atoms with van der Waals surface area (Å²) in [7, 11) is 1.50. The molecule has 0 bridgehead atoms. The molecule has 1 aromatic rings. The van der Waals surface area contributed by atoms with Crippen LogP contribution in [-0.2, 0) is 16.1 Å². The second-order valence-corrected chi connectivity index (χ2v) is 6.61. The Labute approximate surface area is 133 Å². The first kappa shape index (κ1) is 15.3. The van der Waals surface area contributed by atoms with Gasteiger partial charge < -0.3 is 4.74 Å². The van der Waals surface area contributed by atoms with Gasteiger partial charge in [0.05, 0.1) is 7.11 Å². The molecule has 1 spiro atoms. The number of hydrogen-bond donors (Lipinski definition) is 0. The van der Waals surface area contributed by atoms with Crippen molar-refractivity contribution in [2.45, 2.75) is 38.6 Å². The van der Waals surface area contributed by atoms with Crippen molar-refractivity contribution in [3.05, 3.63) is 47.5 Å². The van der Waals surface area contributed by atoms with E-state index in [0.717, 1.165) is 38.0 Å². The number of hydrogen-bond acceptors (Lipinski definition) is 3. The number of methoxy groups -OCH3 is 1. The number of benzene rings is 1. The molecule has 1 heterocycles. The molecular weight excluding hydrogens is 274 g/mol. The number of rotatable bonds is 3. The van der Waals surface area contributed by atoms with Gasteiger partial charge in [-0.3, -0.25) is 4.90 Å².